The van der Waals surface area contributed by atoms with Gasteiger partial charge < -0.3 is 14.8 Å². The molecule has 0 aromatic carbocycles. The molecule has 0 unspecified atom stereocenters. The van der Waals surface area contributed by atoms with E-state index in [1.807, 2.05) is 0 Å². The van der Waals surface area contributed by atoms with Gasteiger partial charge in [-0.15, -0.1) is 0 Å². The van der Waals surface area contributed by atoms with Crippen LogP contribution in [0.2, 0.25) is 0 Å². The van der Waals surface area contributed by atoms with Crippen LogP contribution in [0, 0.1) is 6.92 Å². The minimum absolute atomic E-state index is 0.128. The number of carbonyl (C=O) groups is 1. The number of aryl methyl sites for hydroxylation is 1. The molecule has 0 radical (unpaired) electrons. The lowest BCUT2D eigenvalue weighted by molar-refractivity contribution is 0.0524. The van der Waals surface area contributed by atoms with Crippen molar-refractivity contribution in [1.82, 2.24) is 15.3 Å². The first-order chi connectivity index (χ1) is 8.20. The van der Waals surface area contributed by atoms with E-state index in [0.717, 1.165) is 13.1 Å². The van der Waals surface area contributed by atoms with Gasteiger partial charge >= 0.3 is 12.0 Å². The van der Waals surface area contributed by atoms with Gasteiger partial charge in [-0.25, -0.2) is 9.78 Å². The molecule has 0 spiro atoms. The van der Waals surface area contributed by atoms with Gasteiger partial charge in [-0.2, -0.15) is 4.98 Å². The normalized spacial score (nSPS) is 15.2. The summed E-state index contributed by atoms with van der Waals surface area (Å²) in [4.78, 5) is 19.7. The fourth-order valence-electron chi connectivity index (χ4n) is 1.41. The van der Waals surface area contributed by atoms with E-state index in [0.29, 0.717) is 23.9 Å². The van der Waals surface area contributed by atoms with Crippen LogP contribution in [0.1, 0.15) is 23.0 Å². The molecule has 0 amide bonds. The molecule has 0 bridgehead atoms. The second-order valence-electron chi connectivity index (χ2n) is 3.77. The molecule has 6 nitrogen and oxygen atoms in total. The molecule has 1 saturated heterocycles. The Labute approximate surface area is 99.4 Å². The molecular weight excluding hydrogens is 222 g/mol. The number of rotatable bonds is 4. The molecule has 1 fully saturated rings. The molecule has 92 valence electrons. The number of hydrogen-bond donors (Lipinski definition) is 1. The van der Waals surface area contributed by atoms with Gasteiger partial charge in [-0.1, -0.05) is 0 Å². The van der Waals surface area contributed by atoms with Gasteiger partial charge in [0.25, 0.3) is 0 Å². The minimum Gasteiger partial charge on any atom is -0.462 e. The predicted octanol–water partition coefficient (Wildman–Crippen LogP) is 0.312. The van der Waals surface area contributed by atoms with Crippen LogP contribution in [0.15, 0.2) is 6.20 Å². The first-order valence-corrected chi connectivity index (χ1v) is 5.59. The highest BCUT2D eigenvalue weighted by Crippen LogP contribution is 2.12. The Balaban J connectivity index is 2.07. The van der Waals surface area contributed by atoms with Gasteiger partial charge in [0.15, 0.2) is 0 Å². The summed E-state index contributed by atoms with van der Waals surface area (Å²) < 4.78 is 10.4. The Kier molecular flexibility index (Phi) is 3.53. The van der Waals surface area contributed by atoms with Crippen molar-refractivity contribution in [3.63, 3.8) is 0 Å². The first-order valence-electron chi connectivity index (χ1n) is 5.59. The summed E-state index contributed by atoms with van der Waals surface area (Å²) in [6, 6.07) is 0.307. The zero-order valence-corrected chi connectivity index (χ0v) is 9.90. The fraction of sp³-hybridized carbons (Fsp3) is 0.545. The second kappa shape index (κ2) is 5.09. The maximum atomic E-state index is 11.5. The van der Waals surface area contributed by atoms with E-state index >= 15 is 0 Å². The van der Waals surface area contributed by atoms with Crippen LogP contribution in [0.5, 0.6) is 6.01 Å². The fourth-order valence-corrected chi connectivity index (χ4v) is 1.41. The van der Waals surface area contributed by atoms with Gasteiger partial charge in [0.2, 0.25) is 0 Å². The zero-order chi connectivity index (χ0) is 12.3. The Bertz CT molecular complexity index is 418. The van der Waals surface area contributed by atoms with Crippen LogP contribution >= 0.6 is 0 Å². The van der Waals surface area contributed by atoms with Crippen molar-refractivity contribution in [2.75, 3.05) is 19.7 Å². The molecule has 1 N–H and O–H groups in total. The highest BCUT2D eigenvalue weighted by molar-refractivity contribution is 5.90. The van der Waals surface area contributed by atoms with Crippen molar-refractivity contribution >= 4 is 5.97 Å². The Morgan fingerprint density at radius 3 is 2.88 bits per heavy atom. The van der Waals surface area contributed by atoms with E-state index in [-0.39, 0.29) is 6.10 Å². The number of esters is 1. The van der Waals surface area contributed by atoms with Gasteiger partial charge in [0, 0.05) is 19.3 Å². The first kappa shape index (κ1) is 11.8. The number of ether oxygens (including phenoxy) is 2. The Morgan fingerprint density at radius 2 is 2.35 bits per heavy atom. The quantitative estimate of drug-likeness (QED) is 0.760. The zero-order valence-electron chi connectivity index (χ0n) is 9.90. The highest BCUT2D eigenvalue weighted by atomic mass is 16.5. The summed E-state index contributed by atoms with van der Waals surface area (Å²) >= 11 is 0. The highest BCUT2D eigenvalue weighted by Gasteiger charge is 2.20. The molecule has 2 heterocycles. The molecular formula is C11H15N3O3. The smallest absolute Gasteiger partial charge is 0.341 e. The molecule has 1 aliphatic rings. The summed E-state index contributed by atoms with van der Waals surface area (Å²) in [5, 5.41) is 3.09. The maximum absolute atomic E-state index is 11.5. The summed E-state index contributed by atoms with van der Waals surface area (Å²) in [7, 11) is 0. The summed E-state index contributed by atoms with van der Waals surface area (Å²) in [6.45, 7) is 5.45. The molecule has 0 aliphatic carbocycles. The number of nitrogens with one attached hydrogen (secondary N) is 1. The lowest BCUT2D eigenvalue weighted by atomic mass is 10.2. The van der Waals surface area contributed by atoms with Crippen molar-refractivity contribution in [2.45, 2.75) is 20.0 Å². The monoisotopic (exact) mass is 237 g/mol. The van der Waals surface area contributed by atoms with Crippen molar-refractivity contribution in [2.24, 2.45) is 0 Å². The van der Waals surface area contributed by atoms with E-state index in [2.05, 4.69) is 15.3 Å². The van der Waals surface area contributed by atoms with Crippen molar-refractivity contribution in [3.8, 4) is 6.01 Å². The molecule has 0 saturated carbocycles. The van der Waals surface area contributed by atoms with Gasteiger partial charge in [0.1, 0.15) is 6.10 Å². The third-order valence-corrected chi connectivity index (χ3v) is 2.47. The largest absolute Gasteiger partial charge is 0.462 e. The molecule has 6 heteroatoms. The number of nitrogens with zero attached hydrogens (tertiary/aromatic N) is 2. The molecule has 1 aromatic heterocycles. The number of aromatic nitrogens is 2. The minimum atomic E-state index is -0.401. The van der Waals surface area contributed by atoms with Gasteiger partial charge in [-0.3, -0.25) is 0 Å². The standard InChI is InChI=1S/C11H15N3O3/c1-3-16-10(15)9-6-13-11(14-7(9)2)17-8-4-12-5-8/h6,8,12H,3-5H2,1-2H3. The predicted molar refractivity (Wildman–Crippen MR) is 60.0 cm³/mol. The Hall–Kier alpha value is -1.69. The average molecular weight is 237 g/mol. The molecule has 17 heavy (non-hydrogen) atoms. The third-order valence-electron chi connectivity index (χ3n) is 2.47. The van der Waals surface area contributed by atoms with Crippen LogP contribution in [0.3, 0.4) is 0 Å². The van der Waals surface area contributed by atoms with E-state index in [4.69, 9.17) is 9.47 Å². The van der Waals surface area contributed by atoms with Crippen LogP contribution < -0.4 is 10.1 Å². The van der Waals surface area contributed by atoms with E-state index in [9.17, 15) is 4.79 Å². The van der Waals surface area contributed by atoms with Gasteiger partial charge in [-0.05, 0) is 13.8 Å². The molecule has 2 rings (SSSR count). The van der Waals surface area contributed by atoms with E-state index in [1.165, 1.54) is 6.20 Å². The second-order valence-corrected chi connectivity index (χ2v) is 3.77. The van der Waals surface area contributed by atoms with E-state index in [1.54, 1.807) is 13.8 Å². The lowest BCUT2D eigenvalue weighted by Crippen LogP contribution is -2.50. The summed E-state index contributed by atoms with van der Waals surface area (Å²) in [5.41, 5.74) is 0.951. The topological polar surface area (TPSA) is 73.3 Å². The van der Waals surface area contributed by atoms with Crippen LogP contribution in [0.25, 0.3) is 0 Å². The average Bonchev–Trinajstić information content (AvgIpc) is 2.24. The van der Waals surface area contributed by atoms with Gasteiger partial charge in [0.05, 0.1) is 17.9 Å². The van der Waals surface area contributed by atoms with E-state index < -0.39 is 5.97 Å². The molecule has 1 aliphatic heterocycles. The van der Waals surface area contributed by atoms with Crippen molar-refractivity contribution in [3.05, 3.63) is 17.5 Å². The third kappa shape index (κ3) is 2.71. The van der Waals surface area contributed by atoms with Crippen LogP contribution in [-0.4, -0.2) is 41.7 Å². The van der Waals surface area contributed by atoms with Crippen LogP contribution in [0.4, 0.5) is 0 Å². The van der Waals surface area contributed by atoms with Crippen molar-refractivity contribution in [1.29, 1.82) is 0 Å². The number of hydrogen-bond acceptors (Lipinski definition) is 6. The van der Waals surface area contributed by atoms with Crippen LogP contribution in [-0.2, 0) is 4.74 Å². The lowest BCUT2D eigenvalue weighted by Gasteiger charge is -2.26. The molecule has 0 atom stereocenters. The van der Waals surface area contributed by atoms with Crippen molar-refractivity contribution < 1.29 is 14.3 Å². The summed E-state index contributed by atoms with van der Waals surface area (Å²) in [6.07, 6.45) is 1.57. The molecule has 1 aromatic rings. The Morgan fingerprint density at radius 1 is 1.59 bits per heavy atom. The number of carbonyl (C=O) groups excluding carboxylic acids is 1. The maximum Gasteiger partial charge on any atom is 0.341 e. The SMILES string of the molecule is CCOC(=O)c1cnc(OC2CNC2)nc1C. The summed E-state index contributed by atoms with van der Waals surface area (Å²) in [5.74, 6) is -0.401.